The van der Waals surface area contributed by atoms with Gasteiger partial charge >= 0.3 is 0 Å². The van der Waals surface area contributed by atoms with Crippen molar-refractivity contribution in [2.24, 2.45) is 0 Å². The molecule has 6 heteroatoms. The van der Waals surface area contributed by atoms with Crippen LogP contribution in [-0.4, -0.2) is 48.5 Å². The van der Waals surface area contributed by atoms with Gasteiger partial charge in [0.2, 0.25) is 5.91 Å². The van der Waals surface area contributed by atoms with Gasteiger partial charge in [0.25, 0.3) is 0 Å². The molecule has 1 saturated heterocycles. The molecule has 2 N–H and O–H groups in total. The molecule has 0 unspecified atom stereocenters. The molecule has 1 amide bonds. The maximum atomic E-state index is 12.0. The molecule has 0 spiro atoms. The minimum atomic E-state index is 0.102. The summed E-state index contributed by atoms with van der Waals surface area (Å²) in [6, 6.07) is 7.60. The number of likely N-dealkylation sites (tertiary alicyclic amines) is 1. The quantitative estimate of drug-likeness (QED) is 0.790. The number of carbonyl (C=O) groups excluding carboxylic acids is 1. The normalized spacial score (nSPS) is 15.4. The topological polar surface area (TPSA) is 57.3 Å². The zero-order valence-corrected chi connectivity index (χ0v) is 14.5. The fourth-order valence-electron chi connectivity index (χ4n) is 3.05. The van der Waals surface area contributed by atoms with Crippen LogP contribution in [0.1, 0.15) is 19.3 Å². The summed E-state index contributed by atoms with van der Waals surface area (Å²) in [4.78, 5) is 18.5. The van der Waals surface area contributed by atoms with Crippen molar-refractivity contribution in [3.05, 3.63) is 35.5 Å². The zero-order valence-electron chi connectivity index (χ0n) is 13.7. The molecule has 3 rings (SSSR count). The van der Waals surface area contributed by atoms with Crippen LogP contribution >= 0.6 is 11.6 Å². The highest BCUT2D eigenvalue weighted by Gasteiger charge is 2.13. The molecule has 5 nitrogen and oxygen atoms in total. The van der Waals surface area contributed by atoms with Crippen molar-refractivity contribution in [2.75, 3.05) is 38.0 Å². The van der Waals surface area contributed by atoms with Crippen molar-refractivity contribution in [3.63, 3.8) is 0 Å². The zero-order chi connectivity index (χ0) is 16.8. The van der Waals surface area contributed by atoms with Crippen LogP contribution in [0.3, 0.4) is 0 Å². The van der Waals surface area contributed by atoms with Gasteiger partial charge in [-0.25, -0.2) is 0 Å². The lowest BCUT2D eigenvalue weighted by Crippen LogP contribution is -2.41. The molecule has 24 heavy (non-hydrogen) atoms. The second kappa shape index (κ2) is 8.31. The minimum Gasteiger partial charge on any atom is -0.383 e. The molecule has 1 aliphatic rings. The third-order valence-electron chi connectivity index (χ3n) is 4.28. The molecule has 128 valence electrons. The summed E-state index contributed by atoms with van der Waals surface area (Å²) >= 11 is 6.00. The SMILES string of the molecule is O=C(CN1CCCCC1)NCCNc1ccnc2cc(Cl)ccc12. The van der Waals surface area contributed by atoms with Crippen LogP contribution in [0.5, 0.6) is 0 Å². The highest BCUT2D eigenvalue weighted by Crippen LogP contribution is 2.24. The van der Waals surface area contributed by atoms with Gasteiger partial charge in [-0.1, -0.05) is 18.0 Å². The van der Waals surface area contributed by atoms with Crippen molar-refractivity contribution < 1.29 is 4.79 Å². The Balaban J connectivity index is 1.45. The standard InChI is InChI=1S/C18H23ClN4O/c19-14-4-5-15-16(6-7-20-17(15)12-14)21-8-9-22-18(24)13-23-10-2-1-3-11-23/h4-7,12H,1-3,8-11,13H2,(H,20,21)(H,22,24). The average Bonchev–Trinajstić information content (AvgIpc) is 2.59. The van der Waals surface area contributed by atoms with Gasteiger partial charge in [-0.05, 0) is 50.2 Å². The number of hydrogen-bond acceptors (Lipinski definition) is 4. The first kappa shape index (κ1) is 17.0. The summed E-state index contributed by atoms with van der Waals surface area (Å²) in [7, 11) is 0. The Morgan fingerprint density at radius 3 is 2.83 bits per heavy atom. The number of piperidine rings is 1. The van der Waals surface area contributed by atoms with E-state index in [0.29, 0.717) is 24.7 Å². The molecule has 0 bridgehead atoms. The number of fused-ring (bicyclic) bond motifs is 1. The van der Waals surface area contributed by atoms with Crippen molar-refractivity contribution in [3.8, 4) is 0 Å². The minimum absolute atomic E-state index is 0.102. The summed E-state index contributed by atoms with van der Waals surface area (Å²) in [5.74, 6) is 0.102. The van der Waals surface area contributed by atoms with E-state index in [2.05, 4.69) is 20.5 Å². The fraction of sp³-hybridized carbons (Fsp3) is 0.444. The van der Waals surface area contributed by atoms with Crippen LogP contribution in [-0.2, 0) is 4.79 Å². The predicted octanol–water partition coefficient (Wildman–Crippen LogP) is 2.90. The Morgan fingerprint density at radius 1 is 1.17 bits per heavy atom. The molecule has 0 atom stereocenters. The Bertz CT molecular complexity index is 700. The first-order valence-corrected chi connectivity index (χ1v) is 8.87. The first-order chi connectivity index (χ1) is 11.7. The number of nitrogens with one attached hydrogen (secondary N) is 2. The predicted molar refractivity (Wildman–Crippen MR) is 98.5 cm³/mol. The molecule has 1 aromatic heterocycles. The Hall–Kier alpha value is -1.85. The number of amides is 1. The molecule has 2 heterocycles. The van der Waals surface area contributed by atoms with E-state index < -0.39 is 0 Å². The maximum Gasteiger partial charge on any atom is 0.234 e. The van der Waals surface area contributed by atoms with Gasteiger partial charge in [-0.3, -0.25) is 14.7 Å². The number of carbonyl (C=O) groups is 1. The summed E-state index contributed by atoms with van der Waals surface area (Å²) in [6.07, 6.45) is 5.45. The molecular formula is C18H23ClN4O. The highest BCUT2D eigenvalue weighted by atomic mass is 35.5. The summed E-state index contributed by atoms with van der Waals surface area (Å²) in [5.41, 5.74) is 1.86. The van der Waals surface area contributed by atoms with Crippen LogP contribution < -0.4 is 10.6 Å². The van der Waals surface area contributed by atoms with Gasteiger partial charge in [0.05, 0.1) is 12.1 Å². The van der Waals surface area contributed by atoms with Crippen molar-refractivity contribution in [1.82, 2.24) is 15.2 Å². The van der Waals surface area contributed by atoms with E-state index in [1.165, 1.54) is 19.3 Å². The number of pyridine rings is 1. The van der Waals surface area contributed by atoms with Gasteiger partial charge < -0.3 is 10.6 Å². The fourth-order valence-corrected chi connectivity index (χ4v) is 3.22. The number of benzene rings is 1. The van der Waals surface area contributed by atoms with E-state index >= 15 is 0 Å². The van der Waals surface area contributed by atoms with Crippen LogP contribution in [0.25, 0.3) is 10.9 Å². The molecule has 1 fully saturated rings. The second-order valence-corrected chi connectivity index (χ2v) is 6.57. The van der Waals surface area contributed by atoms with E-state index in [1.54, 1.807) is 6.20 Å². The molecule has 0 saturated carbocycles. The van der Waals surface area contributed by atoms with Crippen molar-refractivity contribution >= 4 is 34.1 Å². The first-order valence-electron chi connectivity index (χ1n) is 8.49. The van der Waals surface area contributed by atoms with Gasteiger partial charge in [0.1, 0.15) is 0 Å². The number of nitrogens with zero attached hydrogens (tertiary/aromatic N) is 2. The average molecular weight is 347 g/mol. The molecular weight excluding hydrogens is 324 g/mol. The molecule has 0 radical (unpaired) electrons. The number of hydrogen-bond donors (Lipinski definition) is 2. The second-order valence-electron chi connectivity index (χ2n) is 6.13. The lowest BCUT2D eigenvalue weighted by Gasteiger charge is -2.25. The summed E-state index contributed by atoms with van der Waals surface area (Å²) < 4.78 is 0. The monoisotopic (exact) mass is 346 g/mol. The molecule has 1 aliphatic heterocycles. The smallest absolute Gasteiger partial charge is 0.234 e. The Kier molecular flexibility index (Phi) is 5.88. The third-order valence-corrected chi connectivity index (χ3v) is 4.52. The third kappa shape index (κ3) is 4.58. The van der Waals surface area contributed by atoms with Gasteiger partial charge in [-0.15, -0.1) is 0 Å². The van der Waals surface area contributed by atoms with E-state index in [4.69, 9.17) is 11.6 Å². The van der Waals surface area contributed by atoms with Crippen LogP contribution in [0.15, 0.2) is 30.5 Å². The lowest BCUT2D eigenvalue weighted by atomic mass is 10.1. The maximum absolute atomic E-state index is 12.0. The van der Waals surface area contributed by atoms with Gasteiger partial charge in [0, 0.05) is 35.4 Å². The largest absolute Gasteiger partial charge is 0.383 e. The Morgan fingerprint density at radius 2 is 2.00 bits per heavy atom. The number of anilines is 1. The number of aromatic nitrogens is 1. The number of halogens is 1. The highest BCUT2D eigenvalue weighted by molar-refractivity contribution is 6.31. The van der Waals surface area contributed by atoms with Crippen LogP contribution in [0, 0.1) is 0 Å². The van der Waals surface area contributed by atoms with Crippen molar-refractivity contribution in [2.45, 2.75) is 19.3 Å². The van der Waals surface area contributed by atoms with E-state index in [1.807, 2.05) is 24.3 Å². The van der Waals surface area contributed by atoms with Gasteiger partial charge in [-0.2, -0.15) is 0 Å². The molecule has 1 aromatic carbocycles. The molecule has 0 aliphatic carbocycles. The van der Waals surface area contributed by atoms with E-state index in [9.17, 15) is 4.79 Å². The van der Waals surface area contributed by atoms with Gasteiger partial charge in [0.15, 0.2) is 0 Å². The summed E-state index contributed by atoms with van der Waals surface area (Å²) in [6.45, 7) is 3.86. The van der Waals surface area contributed by atoms with E-state index in [0.717, 1.165) is 29.7 Å². The lowest BCUT2D eigenvalue weighted by molar-refractivity contribution is -0.122. The van der Waals surface area contributed by atoms with Crippen LogP contribution in [0.4, 0.5) is 5.69 Å². The van der Waals surface area contributed by atoms with Crippen LogP contribution in [0.2, 0.25) is 5.02 Å². The Labute approximate surface area is 147 Å². The van der Waals surface area contributed by atoms with Crippen molar-refractivity contribution in [1.29, 1.82) is 0 Å². The van der Waals surface area contributed by atoms with E-state index in [-0.39, 0.29) is 5.91 Å². The summed E-state index contributed by atoms with van der Waals surface area (Å²) in [5, 5.41) is 8.04. The molecule has 2 aromatic rings. The number of rotatable bonds is 6.